The van der Waals surface area contributed by atoms with Gasteiger partial charge in [-0.2, -0.15) is 0 Å². The standard InChI is InChI=1S/C15H25N5O/c1-4-6-12-14(16-5-2)17-10-18-15(12)20(3)9-13(21)19-11-7-8-11/h10-11H,4-9H2,1-3H3,(H,19,21)(H,16,17,18). The van der Waals surface area contributed by atoms with Gasteiger partial charge in [-0.25, -0.2) is 9.97 Å². The largest absolute Gasteiger partial charge is 0.370 e. The molecule has 1 aliphatic rings. The molecule has 1 aromatic rings. The molecule has 2 N–H and O–H groups in total. The third-order valence-corrected chi connectivity index (χ3v) is 3.45. The molecule has 0 aliphatic heterocycles. The predicted molar refractivity (Wildman–Crippen MR) is 84.6 cm³/mol. The van der Waals surface area contributed by atoms with Gasteiger partial charge in [0.1, 0.15) is 18.0 Å². The quantitative estimate of drug-likeness (QED) is 0.761. The molecular weight excluding hydrogens is 266 g/mol. The van der Waals surface area contributed by atoms with Crippen molar-refractivity contribution in [3.8, 4) is 0 Å². The lowest BCUT2D eigenvalue weighted by atomic mass is 10.1. The summed E-state index contributed by atoms with van der Waals surface area (Å²) in [4.78, 5) is 22.6. The van der Waals surface area contributed by atoms with Crippen LogP contribution in [0.3, 0.4) is 0 Å². The van der Waals surface area contributed by atoms with E-state index in [2.05, 4.69) is 27.5 Å². The van der Waals surface area contributed by atoms with E-state index >= 15 is 0 Å². The molecule has 0 spiro atoms. The first kappa shape index (κ1) is 15.5. The maximum Gasteiger partial charge on any atom is 0.239 e. The highest BCUT2D eigenvalue weighted by atomic mass is 16.2. The van der Waals surface area contributed by atoms with Crippen LogP contribution >= 0.6 is 0 Å². The Morgan fingerprint density at radius 2 is 2.14 bits per heavy atom. The van der Waals surface area contributed by atoms with Crippen molar-refractivity contribution in [1.82, 2.24) is 15.3 Å². The minimum absolute atomic E-state index is 0.0612. The third kappa shape index (κ3) is 4.31. The molecule has 0 saturated heterocycles. The highest BCUT2D eigenvalue weighted by Crippen LogP contribution is 2.24. The summed E-state index contributed by atoms with van der Waals surface area (Å²) < 4.78 is 0. The summed E-state index contributed by atoms with van der Waals surface area (Å²) >= 11 is 0. The number of rotatable bonds is 8. The summed E-state index contributed by atoms with van der Waals surface area (Å²) in [6.45, 7) is 5.32. The number of carbonyl (C=O) groups excluding carboxylic acids is 1. The second-order valence-electron chi connectivity index (χ2n) is 5.50. The first-order valence-corrected chi connectivity index (χ1v) is 7.73. The summed E-state index contributed by atoms with van der Waals surface area (Å²) in [6.07, 6.45) is 5.68. The van der Waals surface area contributed by atoms with Gasteiger partial charge in [-0.1, -0.05) is 13.3 Å². The zero-order chi connectivity index (χ0) is 15.2. The molecule has 0 unspecified atom stereocenters. The van der Waals surface area contributed by atoms with E-state index in [-0.39, 0.29) is 5.91 Å². The number of likely N-dealkylation sites (N-methyl/N-ethyl adjacent to an activating group) is 1. The number of hydrogen-bond donors (Lipinski definition) is 2. The lowest BCUT2D eigenvalue weighted by Crippen LogP contribution is -2.37. The van der Waals surface area contributed by atoms with Gasteiger partial charge in [0, 0.05) is 25.2 Å². The molecule has 0 bridgehead atoms. The number of nitrogens with one attached hydrogen (secondary N) is 2. The minimum atomic E-state index is 0.0612. The van der Waals surface area contributed by atoms with Crippen LogP contribution in [0.25, 0.3) is 0 Å². The van der Waals surface area contributed by atoms with Crippen LogP contribution in [-0.4, -0.2) is 42.1 Å². The minimum Gasteiger partial charge on any atom is -0.370 e. The summed E-state index contributed by atoms with van der Waals surface area (Å²) in [6, 6.07) is 0.392. The molecule has 1 fully saturated rings. The second kappa shape index (κ2) is 7.24. The molecule has 1 aromatic heterocycles. The van der Waals surface area contributed by atoms with Gasteiger partial charge in [-0.15, -0.1) is 0 Å². The van der Waals surface area contributed by atoms with Crippen molar-refractivity contribution in [3.05, 3.63) is 11.9 Å². The van der Waals surface area contributed by atoms with Crippen LogP contribution in [0.4, 0.5) is 11.6 Å². The van der Waals surface area contributed by atoms with Gasteiger partial charge in [-0.05, 0) is 26.2 Å². The number of hydrogen-bond acceptors (Lipinski definition) is 5. The smallest absolute Gasteiger partial charge is 0.239 e. The second-order valence-corrected chi connectivity index (χ2v) is 5.50. The Labute approximate surface area is 126 Å². The summed E-state index contributed by atoms with van der Waals surface area (Å²) in [7, 11) is 1.91. The lowest BCUT2D eigenvalue weighted by Gasteiger charge is -2.22. The zero-order valence-electron chi connectivity index (χ0n) is 13.1. The van der Waals surface area contributed by atoms with Crippen LogP contribution in [0.5, 0.6) is 0 Å². The van der Waals surface area contributed by atoms with E-state index in [1.807, 2.05) is 18.9 Å². The van der Waals surface area contributed by atoms with Crippen molar-refractivity contribution >= 4 is 17.5 Å². The first-order chi connectivity index (χ1) is 10.2. The van der Waals surface area contributed by atoms with E-state index in [9.17, 15) is 4.79 Å². The summed E-state index contributed by atoms with van der Waals surface area (Å²) in [5.74, 6) is 1.78. The molecule has 6 heteroatoms. The normalized spacial score (nSPS) is 13.9. The number of anilines is 2. The highest BCUT2D eigenvalue weighted by Gasteiger charge is 2.24. The van der Waals surface area contributed by atoms with E-state index in [0.29, 0.717) is 12.6 Å². The van der Waals surface area contributed by atoms with Crippen molar-refractivity contribution in [2.24, 2.45) is 0 Å². The van der Waals surface area contributed by atoms with E-state index in [1.54, 1.807) is 6.33 Å². The molecule has 0 atom stereocenters. The molecule has 1 heterocycles. The van der Waals surface area contributed by atoms with Gasteiger partial charge >= 0.3 is 0 Å². The maximum absolute atomic E-state index is 11.9. The van der Waals surface area contributed by atoms with Gasteiger partial charge in [0.25, 0.3) is 0 Å². The molecule has 1 saturated carbocycles. The van der Waals surface area contributed by atoms with E-state index < -0.39 is 0 Å². The molecule has 1 amide bonds. The molecular formula is C15H25N5O. The van der Waals surface area contributed by atoms with E-state index in [0.717, 1.165) is 49.4 Å². The van der Waals surface area contributed by atoms with Crippen molar-refractivity contribution in [2.45, 2.75) is 45.6 Å². The topological polar surface area (TPSA) is 70.2 Å². The Morgan fingerprint density at radius 3 is 2.76 bits per heavy atom. The predicted octanol–water partition coefficient (Wildman–Crippen LogP) is 1.58. The third-order valence-electron chi connectivity index (χ3n) is 3.45. The number of nitrogens with zero attached hydrogens (tertiary/aromatic N) is 3. The average molecular weight is 291 g/mol. The van der Waals surface area contributed by atoms with Gasteiger partial charge in [-0.3, -0.25) is 4.79 Å². The van der Waals surface area contributed by atoms with Crippen molar-refractivity contribution < 1.29 is 4.79 Å². The van der Waals surface area contributed by atoms with Crippen LogP contribution < -0.4 is 15.5 Å². The SMILES string of the molecule is CCCc1c(NCC)ncnc1N(C)CC(=O)NC1CC1. The Hall–Kier alpha value is -1.85. The molecule has 2 rings (SSSR count). The monoisotopic (exact) mass is 291 g/mol. The Kier molecular flexibility index (Phi) is 5.36. The average Bonchev–Trinajstić information content (AvgIpc) is 3.24. The number of carbonyl (C=O) groups is 1. The van der Waals surface area contributed by atoms with Crippen LogP contribution in [0, 0.1) is 0 Å². The Bertz CT molecular complexity index is 487. The van der Waals surface area contributed by atoms with Crippen molar-refractivity contribution in [3.63, 3.8) is 0 Å². The number of aromatic nitrogens is 2. The van der Waals surface area contributed by atoms with Gasteiger partial charge < -0.3 is 15.5 Å². The first-order valence-electron chi connectivity index (χ1n) is 7.73. The van der Waals surface area contributed by atoms with E-state index in [1.165, 1.54) is 0 Å². The molecule has 116 valence electrons. The lowest BCUT2D eigenvalue weighted by molar-refractivity contribution is -0.119. The summed E-state index contributed by atoms with van der Waals surface area (Å²) in [5, 5.41) is 6.28. The molecule has 6 nitrogen and oxygen atoms in total. The van der Waals surface area contributed by atoms with Crippen molar-refractivity contribution in [2.75, 3.05) is 30.4 Å². The van der Waals surface area contributed by atoms with Gasteiger partial charge in [0.2, 0.25) is 5.91 Å². The van der Waals surface area contributed by atoms with E-state index in [4.69, 9.17) is 0 Å². The van der Waals surface area contributed by atoms with Crippen molar-refractivity contribution in [1.29, 1.82) is 0 Å². The summed E-state index contributed by atoms with van der Waals surface area (Å²) in [5.41, 5.74) is 1.09. The van der Waals surface area contributed by atoms with Crippen LogP contribution in [0.1, 0.15) is 38.7 Å². The Morgan fingerprint density at radius 1 is 1.38 bits per heavy atom. The number of amides is 1. The fourth-order valence-electron chi connectivity index (χ4n) is 2.32. The van der Waals surface area contributed by atoms with Gasteiger partial charge in [0.15, 0.2) is 0 Å². The van der Waals surface area contributed by atoms with Crippen LogP contribution in [0.15, 0.2) is 6.33 Å². The van der Waals surface area contributed by atoms with Crippen LogP contribution in [-0.2, 0) is 11.2 Å². The fraction of sp³-hybridized carbons (Fsp3) is 0.667. The molecule has 0 aromatic carbocycles. The molecule has 1 aliphatic carbocycles. The fourth-order valence-corrected chi connectivity index (χ4v) is 2.32. The molecule has 0 radical (unpaired) electrons. The molecule has 21 heavy (non-hydrogen) atoms. The zero-order valence-corrected chi connectivity index (χ0v) is 13.1. The Balaban J connectivity index is 2.11. The maximum atomic E-state index is 11.9. The van der Waals surface area contributed by atoms with Crippen LogP contribution in [0.2, 0.25) is 0 Å². The van der Waals surface area contributed by atoms with Gasteiger partial charge in [0.05, 0.1) is 6.54 Å². The highest BCUT2D eigenvalue weighted by molar-refractivity contribution is 5.82.